The monoisotopic (exact) mass is 263 g/mol. The molecule has 6 heteroatoms. The van der Waals surface area contributed by atoms with Crippen LogP contribution in [0.4, 0.5) is 13.2 Å². The highest BCUT2D eigenvalue weighted by Crippen LogP contribution is 2.22. The van der Waals surface area contributed by atoms with Crippen molar-refractivity contribution >= 4 is 5.97 Å². The van der Waals surface area contributed by atoms with E-state index in [-0.39, 0.29) is 6.54 Å². The van der Waals surface area contributed by atoms with Crippen molar-refractivity contribution in [2.24, 2.45) is 0 Å². The summed E-state index contributed by atoms with van der Waals surface area (Å²) in [7, 11) is 0. The first kappa shape index (κ1) is 16.4. The van der Waals surface area contributed by atoms with Crippen molar-refractivity contribution in [1.29, 1.82) is 0 Å². The van der Waals surface area contributed by atoms with Gasteiger partial charge in [-0.05, 0) is 12.0 Å². The van der Waals surface area contributed by atoms with Gasteiger partial charge in [0.1, 0.15) is 6.04 Å². The molecule has 0 bridgehead atoms. The number of aliphatic carboxylic acids is 1. The molecule has 0 aromatic carbocycles. The Balaban J connectivity index is 4.37. The Kier molecular flexibility index (Phi) is 7.04. The average molecular weight is 263 g/mol. The molecule has 0 heterocycles. The maximum atomic E-state index is 12.0. The number of carbonyl (C=O) groups is 1. The molecule has 0 fully saturated rings. The lowest BCUT2D eigenvalue weighted by molar-refractivity contribution is -0.146. The van der Waals surface area contributed by atoms with Crippen LogP contribution >= 0.6 is 0 Å². The minimum Gasteiger partial charge on any atom is -0.480 e. The van der Waals surface area contributed by atoms with E-state index in [1.807, 2.05) is 0 Å². The zero-order chi connectivity index (χ0) is 14.2. The summed E-state index contributed by atoms with van der Waals surface area (Å²) in [6, 6.07) is -1.24. The smallest absolute Gasteiger partial charge is 0.389 e. The van der Waals surface area contributed by atoms with Gasteiger partial charge in [0.25, 0.3) is 0 Å². The summed E-state index contributed by atoms with van der Waals surface area (Å²) in [6.45, 7) is 7.10. The third kappa shape index (κ3) is 7.67. The fourth-order valence-corrected chi connectivity index (χ4v) is 1.21. The Labute approximate surface area is 104 Å². The van der Waals surface area contributed by atoms with Crippen molar-refractivity contribution in [1.82, 2.24) is 5.32 Å². The minimum absolute atomic E-state index is 0.129. The van der Waals surface area contributed by atoms with E-state index in [0.717, 1.165) is 0 Å². The molecule has 3 nitrogen and oxygen atoms in total. The first-order valence-corrected chi connectivity index (χ1v) is 5.27. The minimum atomic E-state index is -4.35. The predicted octanol–water partition coefficient (Wildman–Crippen LogP) is 2.67. The predicted molar refractivity (Wildman–Crippen MR) is 63.2 cm³/mol. The third-order valence-corrected chi connectivity index (χ3v) is 2.16. The Bertz CT molecular complexity index is 335. The van der Waals surface area contributed by atoms with Crippen LogP contribution in [-0.4, -0.2) is 29.8 Å². The molecule has 0 amide bonds. The van der Waals surface area contributed by atoms with Crippen molar-refractivity contribution in [3.05, 3.63) is 37.0 Å². The van der Waals surface area contributed by atoms with E-state index in [2.05, 4.69) is 18.5 Å². The van der Waals surface area contributed by atoms with E-state index in [4.69, 9.17) is 5.11 Å². The standard InChI is InChI=1S/C12H16F3NO2/c1-3-5-9(4-2)8-16-10(11(17)18)6-7-12(13,14)15/h3-5,10,16H,1-2,6-8H2,(H,17,18)/b9-5+. The SMILES string of the molecule is C=C/C=C(\C=C)CNC(CCC(F)(F)F)C(=O)O. The highest BCUT2D eigenvalue weighted by atomic mass is 19.4. The van der Waals surface area contributed by atoms with Crippen molar-refractivity contribution in [2.75, 3.05) is 6.54 Å². The molecule has 1 atom stereocenters. The van der Waals surface area contributed by atoms with Crippen LogP contribution in [0.5, 0.6) is 0 Å². The molecule has 0 aromatic rings. The molecule has 0 rings (SSSR count). The summed E-state index contributed by atoms with van der Waals surface area (Å²) >= 11 is 0. The highest BCUT2D eigenvalue weighted by Gasteiger charge is 2.30. The molecule has 0 saturated carbocycles. The summed E-state index contributed by atoms with van der Waals surface area (Å²) in [5, 5.41) is 11.3. The number of carboxylic acid groups (broad SMARTS) is 1. The molecular formula is C12H16F3NO2. The number of allylic oxidation sites excluding steroid dienone is 2. The van der Waals surface area contributed by atoms with Crippen LogP contribution in [0.25, 0.3) is 0 Å². The van der Waals surface area contributed by atoms with Crippen LogP contribution in [0.2, 0.25) is 0 Å². The number of alkyl halides is 3. The van der Waals surface area contributed by atoms with E-state index >= 15 is 0 Å². The second-order valence-corrected chi connectivity index (χ2v) is 3.61. The van der Waals surface area contributed by atoms with E-state index in [1.54, 1.807) is 6.08 Å². The molecule has 2 N–H and O–H groups in total. The molecule has 0 aromatic heterocycles. The van der Waals surface area contributed by atoms with E-state index in [1.165, 1.54) is 12.2 Å². The van der Waals surface area contributed by atoms with E-state index < -0.39 is 31.0 Å². The number of rotatable bonds is 8. The van der Waals surface area contributed by atoms with Gasteiger partial charge in [-0.3, -0.25) is 4.79 Å². The fourth-order valence-electron chi connectivity index (χ4n) is 1.21. The molecule has 0 aliphatic heterocycles. The van der Waals surface area contributed by atoms with Crippen LogP contribution in [0.15, 0.2) is 37.0 Å². The van der Waals surface area contributed by atoms with Crippen LogP contribution in [0, 0.1) is 0 Å². The van der Waals surface area contributed by atoms with E-state index in [9.17, 15) is 18.0 Å². The lowest BCUT2D eigenvalue weighted by atomic mass is 10.1. The molecule has 0 spiro atoms. The van der Waals surface area contributed by atoms with Crippen molar-refractivity contribution < 1.29 is 23.1 Å². The lowest BCUT2D eigenvalue weighted by Crippen LogP contribution is -2.38. The fraction of sp³-hybridized carbons (Fsp3) is 0.417. The third-order valence-electron chi connectivity index (χ3n) is 2.16. The maximum absolute atomic E-state index is 12.0. The second kappa shape index (κ2) is 7.71. The zero-order valence-corrected chi connectivity index (χ0v) is 9.83. The Morgan fingerprint density at radius 3 is 2.39 bits per heavy atom. The molecule has 18 heavy (non-hydrogen) atoms. The molecule has 102 valence electrons. The number of hydrogen-bond acceptors (Lipinski definition) is 2. The number of nitrogens with one attached hydrogen (secondary N) is 1. The highest BCUT2D eigenvalue weighted by molar-refractivity contribution is 5.73. The van der Waals surface area contributed by atoms with Gasteiger partial charge in [0.05, 0.1) is 0 Å². The maximum Gasteiger partial charge on any atom is 0.389 e. The van der Waals surface area contributed by atoms with Crippen LogP contribution in [0.1, 0.15) is 12.8 Å². The Morgan fingerprint density at radius 1 is 1.39 bits per heavy atom. The van der Waals surface area contributed by atoms with Gasteiger partial charge < -0.3 is 10.4 Å². The number of hydrogen-bond donors (Lipinski definition) is 2. The summed E-state index contributed by atoms with van der Waals surface area (Å²) in [6.07, 6.45) is -1.42. The summed E-state index contributed by atoms with van der Waals surface area (Å²) in [4.78, 5) is 10.8. The van der Waals surface area contributed by atoms with Crippen molar-refractivity contribution in [3.8, 4) is 0 Å². The molecule has 1 unspecified atom stereocenters. The zero-order valence-electron chi connectivity index (χ0n) is 9.83. The molecule has 0 aliphatic rings. The normalized spacial score (nSPS) is 14.1. The van der Waals surface area contributed by atoms with Gasteiger partial charge in [-0.25, -0.2) is 0 Å². The summed E-state index contributed by atoms with van der Waals surface area (Å²) in [5.41, 5.74) is 0.656. The topological polar surface area (TPSA) is 49.3 Å². The van der Waals surface area contributed by atoms with Crippen LogP contribution in [-0.2, 0) is 4.79 Å². The Hall–Kier alpha value is -1.56. The quantitative estimate of drug-likeness (QED) is 0.662. The summed E-state index contributed by atoms with van der Waals surface area (Å²) in [5.74, 6) is -1.30. The lowest BCUT2D eigenvalue weighted by Gasteiger charge is -2.15. The van der Waals surface area contributed by atoms with Crippen LogP contribution < -0.4 is 5.32 Å². The average Bonchev–Trinajstić information content (AvgIpc) is 2.25. The largest absolute Gasteiger partial charge is 0.480 e. The molecule has 0 radical (unpaired) electrons. The van der Waals surface area contributed by atoms with Gasteiger partial charge in [0.2, 0.25) is 0 Å². The number of carboxylic acids is 1. The van der Waals surface area contributed by atoms with Gasteiger partial charge in [0, 0.05) is 13.0 Å². The molecule has 0 aliphatic carbocycles. The molecular weight excluding hydrogens is 247 g/mol. The van der Waals surface area contributed by atoms with E-state index in [0.29, 0.717) is 5.57 Å². The van der Waals surface area contributed by atoms with Gasteiger partial charge in [-0.1, -0.05) is 31.4 Å². The van der Waals surface area contributed by atoms with Crippen molar-refractivity contribution in [3.63, 3.8) is 0 Å². The van der Waals surface area contributed by atoms with Gasteiger partial charge in [-0.15, -0.1) is 0 Å². The summed E-state index contributed by atoms with van der Waals surface area (Å²) < 4.78 is 36.0. The van der Waals surface area contributed by atoms with Crippen molar-refractivity contribution in [2.45, 2.75) is 25.1 Å². The van der Waals surface area contributed by atoms with Gasteiger partial charge in [0.15, 0.2) is 0 Å². The first-order chi connectivity index (χ1) is 8.30. The van der Waals surface area contributed by atoms with Gasteiger partial charge in [-0.2, -0.15) is 13.2 Å². The second-order valence-electron chi connectivity index (χ2n) is 3.61. The van der Waals surface area contributed by atoms with Gasteiger partial charge >= 0.3 is 12.1 Å². The Morgan fingerprint density at radius 2 is 2.00 bits per heavy atom. The number of halogens is 3. The first-order valence-electron chi connectivity index (χ1n) is 5.27. The van der Waals surface area contributed by atoms with Crippen LogP contribution in [0.3, 0.4) is 0 Å². The molecule has 0 saturated heterocycles.